The molecule has 0 heterocycles. The number of thioether (sulfide) groups is 1. The van der Waals surface area contributed by atoms with E-state index < -0.39 is 0 Å². The summed E-state index contributed by atoms with van der Waals surface area (Å²) in [7, 11) is 1.90. The average molecular weight is 226 g/mol. The number of rotatable bonds is 6. The summed E-state index contributed by atoms with van der Waals surface area (Å²) in [5.74, 6) is 0.895. The highest BCUT2D eigenvalue weighted by atomic mass is 32.2. The van der Waals surface area contributed by atoms with Gasteiger partial charge >= 0.3 is 0 Å². The lowest BCUT2D eigenvalue weighted by atomic mass is 10.3. The Hall–Kier alpha value is -1.07. The van der Waals surface area contributed by atoms with Crippen LogP contribution in [-0.4, -0.2) is 24.3 Å². The van der Waals surface area contributed by atoms with Crippen molar-refractivity contribution in [3.63, 3.8) is 0 Å². The molecule has 0 spiro atoms. The number of benzene rings is 1. The SMILES string of the molecule is CNCCCSc1ccccc1[N+](=O)[O-]. The van der Waals surface area contributed by atoms with Crippen molar-refractivity contribution in [1.29, 1.82) is 0 Å². The van der Waals surface area contributed by atoms with Crippen LogP contribution in [0.1, 0.15) is 6.42 Å². The molecule has 0 unspecified atom stereocenters. The Labute approximate surface area is 93.2 Å². The fraction of sp³-hybridized carbons (Fsp3) is 0.400. The van der Waals surface area contributed by atoms with Crippen LogP contribution in [0.5, 0.6) is 0 Å². The van der Waals surface area contributed by atoms with Crippen LogP contribution in [0.4, 0.5) is 5.69 Å². The molecule has 0 radical (unpaired) electrons. The smallest absolute Gasteiger partial charge is 0.282 e. The van der Waals surface area contributed by atoms with Crippen molar-refractivity contribution in [1.82, 2.24) is 5.32 Å². The third-order valence-corrected chi connectivity index (χ3v) is 3.04. The van der Waals surface area contributed by atoms with Gasteiger partial charge in [-0.05, 0) is 31.8 Å². The molecular formula is C10H14N2O2S. The number of nitro benzene ring substituents is 1. The molecule has 0 saturated carbocycles. The molecule has 15 heavy (non-hydrogen) atoms. The number of hydrogen-bond donors (Lipinski definition) is 1. The highest BCUT2D eigenvalue weighted by Gasteiger charge is 2.11. The van der Waals surface area contributed by atoms with Gasteiger partial charge in [0.1, 0.15) is 0 Å². The first-order chi connectivity index (χ1) is 7.25. The molecule has 1 aromatic rings. The quantitative estimate of drug-likeness (QED) is 0.350. The van der Waals surface area contributed by atoms with Gasteiger partial charge in [0.05, 0.1) is 9.82 Å². The van der Waals surface area contributed by atoms with Crippen LogP contribution in [0.15, 0.2) is 29.2 Å². The lowest BCUT2D eigenvalue weighted by Crippen LogP contribution is -2.08. The van der Waals surface area contributed by atoms with Crippen molar-refractivity contribution >= 4 is 17.4 Å². The first-order valence-electron chi connectivity index (χ1n) is 4.76. The summed E-state index contributed by atoms with van der Waals surface area (Å²) < 4.78 is 0. The summed E-state index contributed by atoms with van der Waals surface area (Å²) >= 11 is 1.53. The number of nitrogens with one attached hydrogen (secondary N) is 1. The van der Waals surface area contributed by atoms with E-state index in [1.807, 2.05) is 13.1 Å². The summed E-state index contributed by atoms with van der Waals surface area (Å²) in [5, 5.41) is 13.7. The van der Waals surface area contributed by atoms with Gasteiger partial charge in [-0.1, -0.05) is 12.1 Å². The first kappa shape index (κ1) is 12.0. The third-order valence-electron chi connectivity index (χ3n) is 1.89. The van der Waals surface area contributed by atoms with Gasteiger partial charge in [-0.15, -0.1) is 11.8 Å². The van der Waals surface area contributed by atoms with Crippen molar-refractivity contribution in [2.45, 2.75) is 11.3 Å². The third kappa shape index (κ3) is 3.89. The van der Waals surface area contributed by atoms with Crippen LogP contribution >= 0.6 is 11.8 Å². The topological polar surface area (TPSA) is 55.2 Å². The van der Waals surface area contributed by atoms with Crippen molar-refractivity contribution in [3.05, 3.63) is 34.4 Å². The Bertz CT molecular complexity index is 331. The van der Waals surface area contributed by atoms with Crippen LogP contribution in [-0.2, 0) is 0 Å². The second kappa shape index (κ2) is 6.42. The van der Waals surface area contributed by atoms with Crippen molar-refractivity contribution < 1.29 is 4.92 Å². The maximum atomic E-state index is 10.7. The number of hydrogen-bond acceptors (Lipinski definition) is 4. The minimum absolute atomic E-state index is 0.201. The predicted octanol–water partition coefficient (Wildman–Crippen LogP) is 2.30. The van der Waals surface area contributed by atoms with E-state index >= 15 is 0 Å². The molecule has 1 rings (SSSR count). The van der Waals surface area contributed by atoms with Gasteiger partial charge in [0, 0.05) is 6.07 Å². The van der Waals surface area contributed by atoms with Crippen molar-refractivity contribution in [2.24, 2.45) is 0 Å². The molecule has 0 fully saturated rings. The van der Waals surface area contributed by atoms with Gasteiger partial charge in [-0.25, -0.2) is 0 Å². The molecule has 1 N–H and O–H groups in total. The molecule has 0 amide bonds. The van der Waals surface area contributed by atoms with Gasteiger partial charge in [-0.2, -0.15) is 0 Å². The van der Waals surface area contributed by atoms with Crippen molar-refractivity contribution in [2.75, 3.05) is 19.3 Å². The standard InChI is InChI=1S/C10H14N2O2S/c1-11-7-4-8-15-10-6-3-2-5-9(10)12(13)14/h2-3,5-6,11H,4,7-8H2,1H3. The molecule has 4 nitrogen and oxygen atoms in total. The van der Waals surface area contributed by atoms with Gasteiger partial charge in [-0.3, -0.25) is 10.1 Å². The first-order valence-corrected chi connectivity index (χ1v) is 5.75. The van der Waals surface area contributed by atoms with Crippen LogP contribution in [0.25, 0.3) is 0 Å². The van der Waals surface area contributed by atoms with E-state index in [9.17, 15) is 10.1 Å². The van der Waals surface area contributed by atoms with E-state index in [1.165, 1.54) is 11.8 Å². The Morgan fingerprint density at radius 2 is 2.20 bits per heavy atom. The van der Waals surface area contributed by atoms with Gasteiger partial charge in [0.25, 0.3) is 5.69 Å². The summed E-state index contributed by atoms with van der Waals surface area (Å²) in [6, 6.07) is 6.85. The van der Waals surface area contributed by atoms with E-state index in [0.29, 0.717) is 0 Å². The molecular weight excluding hydrogens is 212 g/mol. The minimum atomic E-state index is -0.333. The zero-order chi connectivity index (χ0) is 11.1. The molecule has 0 aliphatic heterocycles. The average Bonchev–Trinajstić information content (AvgIpc) is 2.25. The van der Waals surface area contributed by atoms with E-state index in [0.717, 1.165) is 23.6 Å². The molecule has 82 valence electrons. The second-order valence-corrected chi connectivity index (χ2v) is 4.17. The van der Waals surface area contributed by atoms with Gasteiger partial charge in [0.2, 0.25) is 0 Å². The van der Waals surface area contributed by atoms with Crippen LogP contribution in [0.3, 0.4) is 0 Å². The molecule has 0 aliphatic carbocycles. The zero-order valence-electron chi connectivity index (χ0n) is 8.60. The predicted molar refractivity (Wildman–Crippen MR) is 62.4 cm³/mol. The highest BCUT2D eigenvalue weighted by Crippen LogP contribution is 2.28. The summed E-state index contributed by atoms with van der Waals surface area (Å²) in [6.07, 6.45) is 1.01. The number of nitrogens with zero attached hydrogens (tertiary/aromatic N) is 1. The molecule has 0 aliphatic rings. The normalized spacial score (nSPS) is 10.2. The molecule has 0 aromatic heterocycles. The largest absolute Gasteiger partial charge is 0.320 e. The summed E-state index contributed by atoms with van der Waals surface area (Å²) in [4.78, 5) is 11.1. The van der Waals surface area contributed by atoms with Crippen LogP contribution < -0.4 is 5.32 Å². The van der Waals surface area contributed by atoms with Gasteiger partial charge < -0.3 is 5.32 Å². The fourth-order valence-electron chi connectivity index (χ4n) is 1.16. The van der Waals surface area contributed by atoms with E-state index in [2.05, 4.69) is 5.32 Å². The Kier molecular flexibility index (Phi) is 5.14. The van der Waals surface area contributed by atoms with E-state index in [1.54, 1.807) is 18.2 Å². The fourth-order valence-corrected chi connectivity index (χ4v) is 2.13. The maximum Gasteiger partial charge on any atom is 0.282 e. The minimum Gasteiger partial charge on any atom is -0.320 e. The molecule has 1 aromatic carbocycles. The highest BCUT2D eigenvalue weighted by molar-refractivity contribution is 7.99. The summed E-state index contributed by atoms with van der Waals surface area (Å²) in [5.41, 5.74) is 0.201. The monoisotopic (exact) mass is 226 g/mol. The lowest BCUT2D eigenvalue weighted by Gasteiger charge is -2.02. The van der Waals surface area contributed by atoms with Crippen molar-refractivity contribution in [3.8, 4) is 0 Å². The van der Waals surface area contributed by atoms with Crippen LogP contribution in [0, 0.1) is 10.1 Å². The zero-order valence-corrected chi connectivity index (χ0v) is 9.42. The molecule has 0 atom stereocenters. The number of para-hydroxylation sites is 1. The number of nitro groups is 1. The van der Waals surface area contributed by atoms with E-state index in [4.69, 9.17) is 0 Å². The Balaban J connectivity index is 2.56. The van der Waals surface area contributed by atoms with Crippen LogP contribution in [0.2, 0.25) is 0 Å². The summed E-state index contributed by atoms with van der Waals surface area (Å²) in [6.45, 7) is 0.938. The van der Waals surface area contributed by atoms with E-state index in [-0.39, 0.29) is 10.6 Å². The Morgan fingerprint density at radius 1 is 1.47 bits per heavy atom. The molecule has 0 saturated heterocycles. The Morgan fingerprint density at radius 3 is 2.87 bits per heavy atom. The maximum absolute atomic E-state index is 10.7. The molecule has 5 heteroatoms. The second-order valence-electron chi connectivity index (χ2n) is 3.03. The van der Waals surface area contributed by atoms with Gasteiger partial charge in [0.15, 0.2) is 0 Å². The lowest BCUT2D eigenvalue weighted by molar-refractivity contribution is -0.387. The molecule has 0 bridgehead atoms.